The predicted molar refractivity (Wildman–Crippen MR) is 122 cm³/mol. The summed E-state index contributed by atoms with van der Waals surface area (Å²) in [7, 11) is 1.84. The van der Waals surface area contributed by atoms with Crippen LogP contribution in [0.2, 0.25) is 0 Å². The van der Waals surface area contributed by atoms with Crippen molar-refractivity contribution in [1.82, 2.24) is 29.9 Å². The number of hydrogen-bond donors (Lipinski definition) is 3. The van der Waals surface area contributed by atoms with Crippen molar-refractivity contribution in [3.8, 4) is 22.3 Å². The Morgan fingerprint density at radius 1 is 1.06 bits per heavy atom. The second kappa shape index (κ2) is 6.48. The van der Waals surface area contributed by atoms with Crippen LogP contribution < -0.4 is 11.3 Å². The molecule has 32 heavy (non-hydrogen) atoms. The molecule has 0 unspecified atom stereocenters. The van der Waals surface area contributed by atoms with Gasteiger partial charge in [0.1, 0.15) is 17.0 Å². The van der Waals surface area contributed by atoms with Crippen LogP contribution in [0.25, 0.3) is 55.0 Å². The van der Waals surface area contributed by atoms with Gasteiger partial charge in [0.2, 0.25) is 0 Å². The third kappa shape index (κ3) is 2.48. The van der Waals surface area contributed by atoms with E-state index in [9.17, 15) is 9.18 Å². The van der Waals surface area contributed by atoms with E-state index in [4.69, 9.17) is 5.73 Å². The molecule has 0 fully saturated rings. The summed E-state index contributed by atoms with van der Waals surface area (Å²) in [5.41, 5.74) is 10.4. The van der Waals surface area contributed by atoms with Gasteiger partial charge in [-0.2, -0.15) is 10.2 Å². The third-order valence-corrected chi connectivity index (χ3v) is 5.76. The van der Waals surface area contributed by atoms with Gasteiger partial charge in [0.05, 0.1) is 23.4 Å². The Morgan fingerprint density at radius 2 is 1.94 bits per heavy atom. The van der Waals surface area contributed by atoms with Gasteiger partial charge in [0, 0.05) is 52.3 Å². The van der Waals surface area contributed by atoms with Gasteiger partial charge in [-0.15, -0.1) is 0 Å². The largest absolute Gasteiger partial charge is 0.394 e. The van der Waals surface area contributed by atoms with Crippen LogP contribution in [0.5, 0.6) is 0 Å². The molecule has 8 nitrogen and oxygen atoms in total. The van der Waals surface area contributed by atoms with Crippen molar-refractivity contribution in [3.05, 3.63) is 71.3 Å². The first-order valence-electron chi connectivity index (χ1n) is 9.87. The van der Waals surface area contributed by atoms with Crippen molar-refractivity contribution >= 4 is 38.4 Å². The molecule has 0 amide bonds. The van der Waals surface area contributed by atoms with Crippen molar-refractivity contribution in [2.75, 3.05) is 5.73 Å². The first kappa shape index (κ1) is 18.3. The summed E-state index contributed by atoms with van der Waals surface area (Å²) in [6, 6.07) is 8.62. The minimum atomic E-state index is -0.431. The minimum Gasteiger partial charge on any atom is -0.394 e. The average Bonchev–Trinajstić information content (AvgIpc) is 3.45. The molecule has 0 aliphatic rings. The number of H-pyrrole nitrogens is 2. The smallest absolute Gasteiger partial charge is 0.272 e. The molecule has 4 heterocycles. The molecular formula is C23H16FN7O. The molecule has 0 aliphatic heterocycles. The maximum Gasteiger partial charge on any atom is 0.272 e. The first-order valence-corrected chi connectivity index (χ1v) is 9.87. The van der Waals surface area contributed by atoms with E-state index < -0.39 is 11.4 Å². The standard InChI is InChI=1S/C23H16FN7O/c1-31-10-11(8-28-31)14-7-15-18(12-4-5-17(24)22-16(12)9-27-30-22)19(25)23(32)29-21(15)13-3-2-6-26-20(13)14/h2-10H,25H2,1H3,(H,27,30)(H,29,32). The van der Waals surface area contributed by atoms with Crippen molar-refractivity contribution in [1.29, 1.82) is 0 Å². The molecule has 0 radical (unpaired) electrons. The highest BCUT2D eigenvalue weighted by Crippen LogP contribution is 2.40. The number of nitrogen functional groups attached to an aromatic ring is 1. The zero-order valence-electron chi connectivity index (χ0n) is 16.8. The fourth-order valence-corrected chi connectivity index (χ4v) is 4.31. The molecular weight excluding hydrogens is 409 g/mol. The van der Waals surface area contributed by atoms with Crippen LogP contribution in [0, 0.1) is 5.82 Å². The number of nitrogens with one attached hydrogen (secondary N) is 2. The first-order chi connectivity index (χ1) is 15.5. The number of nitrogens with two attached hydrogens (primary N) is 1. The molecule has 0 saturated carbocycles. The molecule has 6 rings (SSSR count). The molecule has 0 aliphatic carbocycles. The number of halogens is 1. The normalized spacial score (nSPS) is 11.7. The quantitative estimate of drug-likeness (QED) is 0.365. The third-order valence-electron chi connectivity index (χ3n) is 5.76. The number of fused-ring (bicyclic) bond motifs is 4. The van der Waals surface area contributed by atoms with Crippen molar-refractivity contribution in [3.63, 3.8) is 0 Å². The molecule has 0 spiro atoms. The SMILES string of the molecule is Cn1cc(-c2cc3c(-c4ccc(F)c5[nH]ncc45)c(N)c(=O)[nH]c3c3cccnc23)cn1. The Labute approximate surface area is 179 Å². The van der Waals surface area contributed by atoms with Crippen LogP contribution in [0.4, 0.5) is 10.1 Å². The second-order valence-electron chi connectivity index (χ2n) is 7.65. The predicted octanol–water partition coefficient (Wildman–Crippen LogP) is 3.74. The fraction of sp³-hybridized carbons (Fsp3) is 0.0435. The number of aryl methyl sites for hydroxylation is 1. The van der Waals surface area contributed by atoms with Gasteiger partial charge in [0.25, 0.3) is 5.56 Å². The van der Waals surface area contributed by atoms with E-state index in [0.717, 1.165) is 27.4 Å². The lowest BCUT2D eigenvalue weighted by molar-refractivity contribution is 0.636. The summed E-state index contributed by atoms with van der Waals surface area (Å²) in [5.74, 6) is -0.431. The highest BCUT2D eigenvalue weighted by Gasteiger charge is 2.20. The van der Waals surface area contributed by atoms with E-state index in [1.165, 1.54) is 12.3 Å². The summed E-state index contributed by atoms with van der Waals surface area (Å²) in [4.78, 5) is 20.3. The van der Waals surface area contributed by atoms with Crippen LogP contribution in [-0.4, -0.2) is 29.9 Å². The molecule has 0 atom stereocenters. The number of hydrogen-bond acceptors (Lipinski definition) is 5. The Kier molecular flexibility index (Phi) is 3.70. The number of benzene rings is 2. The summed E-state index contributed by atoms with van der Waals surface area (Å²) >= 11 is 0. The van der Waals surface area contributed by atoms with Gasteiger partial charge in [-0.1, -0.05) is 6.07 Å². The van der Waals surface area contributed by atoms with Crippen molar-refractivity contribution in [2.24, 2.45) is 7.05 Å². The number of anilines is 1. The monoisotopic (exact) mass is 425 g/mol. The number of rotatable bonds is 2. The molecule has 6 aromatic rings. The van der Waals surface area contributed by atoms with Crippen LogP contribution >= 0.6 is 0 Å². The maximum absolute atomic E-state index is 14.3. The Bertz CT molecular complexity index is 1750. The number of nitrogens with zero attached hydrogens (tertiary/aromatic N) is 4. The molecule has 0 saturated heterocycles. The van der Waals surface area contributed by atoms with Gasteiger partial charge >= 0.3 is 0 Å². The van der Waals surface area contributed by atoms with Gasteiger partial charge < -0.3 is 10.7 Å². The molecule has 156 valence electrons. The molecule has 9 heteroatoms. The highest BCUT2D eigenvalue weighted by atomic mass is 19.1. The van der Waals surface area contributed by atoms with E-state index in [1.54, 1.807) is 23.1 Å². The van der Waals surface area contributed by atoms with Crippen LogP contribution in [-0.2, 0) is 7.05 Å². The molecule has 2 aromatic carbocycles. The van der Waals surface area contributed by atoms with Crippen molar-refractivity contribution < 1.29 is 4.39 Å². The zero-order chi connectivity index (χ0) is 22.0. The van der Waals surface area contributed by atoms with Gasteiger partial charge in [0.15, 0.2) is 0 Å². The zero-order valence-corrected chi connectivity index (χ0v) is 16.8. The number of aromatic nitrogens is 6. The fourth-order valence-electron chi connectivity index (χ4n) is 4.31. The van der Waals surface area contributed by atoms with Gasteiger partial charge in [-0.3, -0.25) is 19.6 Å². The van der Waals surface area contributed by atoms with E-state index >= 15 is 0 Å². The lowest BCUT2D eigenvalue weighted by Gasteiger charge is -2.15. The van der Waals surface area contributed by atoms with Gasteiger partial charge in [-0.05, 0) is 29.8 Å². The average molecular weight is 425 g/mol. The van der Waals surface area contributed by atoms with Crippen molar-refractivity contribution in [2.45, 2.75) is 0 Å². The van der Waals surface area contributed by atoms with Crippen LogP contribution in [0.15, 0.2) is 59.9 Å². The number of pyridine rings is 2. The van der Waals surface area contributed by atoms with E-state index in [1.807, 2.05) is 31.4 Å². The van der Waals surface area contributed by atoms with E-state index in [0.29, 0.717) is 22.0 Å². The van der Waals surface area contributed by atoms with E-state index in [-0.39, 0.29) is 11.2 Å². The molecule has 0 bridgehead atoms. The van der Waals surface area contributed by atoms with E-state index in [2.05, 4.69) is 25.3 Å². The Balaban J connectivity index is 1.83. The van der Waals surface area contributed by atoms with Crippen LogP contribution in [0.3, 0.4) is 0 Å². The summed E-state index contributed by atoms with van der Waals surface area (Å²) in [6.45, 7) is 0. The summed E-state index contributed by atoms with van der Waals surface area (Å²) < 4.78 is 16.0. The molecule has 4 N–H and O–H groups in total. The second-order valence-corrected chi connectivity index (χ2v) is 7.65. The number of aromatic amines is 2. The summed E-state index contributed by atoms with van der Waals surface area (Å²) in [5, 5.41) is 13.0. The molecule has 4 aromatic heterocycles. The topological polar surface area (TPSA) is 118 Å². The van der Waals surface area contributed by atoms with Crippen LogP contribution in [0.1, 0.15) is 0 Å². The minimum absolute atomic E-state index is 0.0481. The maximum atomic E-state index is 14.3. The highest BCUT2D eigenvalue weighted by molar-refractivity contribution is 6.17. The Hall–Kier alpha value is -4.53. The lowest BCUT2D eigenvalue weighted by atomic mass is 9.93. The lowest BCUT2D eigenvalue weighted by Crippen LogP contribution is -2.14. The summed E-state index contributed by atoms with van der Waals surface area (Å²) in [6.07, 6.45) is 6.90. The Morgan fingerprint density at radius 3 is 2.75 bits per heavy atom. The van der Waals surface area contributed by atoms with Gasteiger partial charge in [-0.25, -0.2) is 4.39 Å².